The topological polar surface area (TPSA) is 12.0 Å². The second kappa shape index (κ2) is 3.14. The summed E-state index contributed by atoms with van der Waals surface area (Å²) in [5, 5.41) is 4.30. The summed E-state index contributed by atoms with van der Waals surface area (Å²) in [4.78, 5) is 0. The van der Waals surface area contributed by atoms with Crippen LogP contribution in [-0.2, 0) is 5.41 Å². The van der Waals surface area contributed by atoms with Crippen LogP contribution in [0.5, 0.6) is 0 Å². The van der Waals surface area contributed by atoms with Gasteiger partial charge < -0.3 is 5.32 Å². The highest BCUT2D eigenvalue weighted by atomic mass is 79.9. The Bertz CT molecular complexity index is 399. The highest BCUT2D eigenvalue weighted by molar-refractivity contribution is 9.10. The Kier molecular flexibility index (Phi) is 2.31. The van der Waals surface area contributed by atoms with Crippen LogP contribution in [0.15, 0.2) is 10.5 Å². The molecule has 1 N–H and O–H groups in total. The highest BCUT2D eigenvalue weighted by Gasteiger charge is 2.33. The van der Waals surface area contributed by atoms with Crippen molar-refractivity contribution < 1.29 is 0 Å². The van der Waals surface area contributed by atoms with Crippen molar-refractivity contribution in [3.63, 3.8) is 0 Å². The monoisotopic (exact) mass is 273 g/mol. The fourth-order valence-corrected chi connectivity index (χ4v) is 3.04. The van der Waals surface area contributed by atoms with Crippen LogP contribution in [0.25, 0.3) is 0 Å². The van der Waals surface area contributed by atoms with Crippen molar-refractivity contribution in [2.75, 3.05) is 11.9 Å². The molecule has 2 rings (SSSR count). The number of hydrogen-bond acceptors (Lipinski definition) is 1. The van der Waals surface area contributed by atoms with Gasteiger partial charge in [0.05, 0.1) is 5.69 Å². The average molecular weight is 275 g/mol. The van der Waals surface area contributed by atoms with Crippen molar-refractivity contribution in [3.8, 4) is 0 Å². The minimum Gasteiger partial charge on any atom is -0.383 e. The fourth-order valence-electron chi connectivity index (χ4n) is 1.96. The van der Waals surface area contributed by atoms with E-state index in [9.17, 15) is 0 Å². The standard InChI is InChI=1S/C11H13BrClN/c1-6-4-7(12)10-8(9(6)13)11(2,3)5-14-10/h4,14H,5H2,1-3H3. The summed E-state index contributed by atoms with van der Waals surface area (Å²) in [5.41, 5.74) is 3.66. The number of fused-ring (bicyclic) bond motifs is 1. The second-order valence-corrected chi connectivity index (χ2v) is 5.71. The Hall–Kier alpha value is -0.210. The van der Waals surface area contributed by atoms with E-state index >= 15 is 0 Å². The first-order valence-electron chi connectivity index (χ1n) is 4.66. The molecule has 0 aliphatic carbocycles. The molecule has 1 nitrogen and oxygen atoms in total. The summed E-state index contributed by atoms with van der Waals surface area (Å²) in [6, 6.07) is 2.07. The molecule has 0 atom stereocenters. The first-order valence-corrected chi connectivity index (χ1v) is 5.83. The molecule has 3 heteroatoms. The normalized spacial score (nSPS) is 17.8. The third-order valence-corrected chi connectivity index (χ3v) is 3.89. The molecule has 0 radical (unpaired) electrons. The van der Waals surface area contributed by atoms with Crippen molar-refractivity contribution in [1.29, 1.82) is 0 Å². The number of anilines is 1. The lowest BCUT2D eigenvalue weighted by Gasteiger charge is -2.19. The molecule has 14 heavy (non-hydrogen) atoms. The Morgan fingerprint density at radius 1 is 1.50 bits per heavy atom. The van der Waals surface area contributed by atoms with Crippen LogP contribution in [0.4, 0.5) is 5.69 Å². The number of aryl methyl sites for hydroxylation is 1. The minimum absolute atomic E-state index is 0.126. The number of rotatable bonds is 0. The Morgan fingerprint density at radius 3 is 2.79 bits per heavy atom. The Morgan fingerprint density at radius 2 is 2.14 bits per heavy atom. The summed E-state index contributed by atoms with van der Waals surface area (Å²) in [6.45, 7) is 7.42. The molecule has 0 unspecified atom stereocenters. The first kappa shape index (κ1) is 10.3. The van der Waals surface area contributed by atoms with Gasteiger partial charge in [-0.1, -0.05) is 25.4 Å². The van der Waals surface area contributed by atoms with Gasteiger partial charge in [-0.3, -0.25) is 0 Å². The van der Waals surface area contributed by atoms with E-state index in [0.717, 1.165) is 27.3 Å². The summed E-state index contributed by atoms with van der Waals surface area (Å²) in [7, 11) is 0. The zero-order valence-corrected chi connectivity index (χ0v) is 10.9. The molecule has 0 spiro atoms. The van der Waals surface area contributed by atoms with Crippen LogP contribution in [0.3, 0.4) is 0 Å². The van der Waals surface area contributed by atoms with Crippen LogP contribution < -0.4 is 5.32 Å². The minimum atomic E-state index is 0.126. The summed E-state index contributed by atoms with van der Waals surface area (Å²) < 4.78 is 1.11. The predicted octanol–water partition coefficient (Wildman–Crippen LogP) is 4.11. The van der Waals surface area contributed by atoms with Gasteiger partial charge in [0.2, 0.25) is 0 Å². The van der Waals surface area contributed by atoms with Crippen molar-refractivity contribution in [2.24, 2.45) is 0 Å². The molecule has 0 amide bonds. The van der Waals surface area contributed by atoms with E-state index in [1.165, 1.54) is 5.56 Å². The molecule has 0 saturated carbocycles. The van der Waals surface area contributed by atoms with Crippen molar-refractivity contribution in [2.45, 2.75) is 26.2 Å². The maximum Gasteiger partial charge on any atom is 0.0538 e. The van der Waals surface area contributed by atoms with E-state index in [-0.39, 0.29) is 5.41 Å². The van der Waals surface area contributed by atoms with Gasteiger partial charge in [0.15, 0.2) is 0 Å². The van der Waals surface area contributed by atoms with Crippen molar-refractivity contribution in [3.05, 3.63) is 26.7 Å². The van der Waals surface area contributed by atoms with Crippen LogP contribution in [0, 0.1) is 6.92 Å². The van der Waals surface area contributed by atoms with E-state index in [2.05, 4.69) is 41.2 Å². The smallest absolute Gasteiger partial charge is 0.0538 e. The fraction of sp³-hybridized carbons (Fsp3) is 0.455. The van der Waals surface area contributed by atoms with Crippen LogP contribution in [0.2, 0.25) is 5.02 Å². The quantitative estimate of drug-likeness (QED) is 0.750. The maximum atomic E-state index is 6.33. The maximum absolute atomic E-state index is 6.33. The van der Waals surface area contributed by atoms with E-state index in [4.69, 9.17) is 11.6 Å². The molecule has 1 aromatic carbocycles. The third-order valence-electron chi connectivity index (χ3n) is 2.78. The molecule has 1 heterocycles. The SMILES string of the molecule is Cc1cc(Br)c2c(c1Cl)C(C)(C)CN2. The van der Waals surface area contributed by atoms with Gasteiger partial charge in [-0.25, -0.2) is 0 Å². The number of halogens is 2. The number of benzene rings is 1. The van der Waals surface area contributed by atoms with Crippen LogP contribution >= 0.6 is 27.5 Å². The Labute approximate surface area is 98.0 Å². The molecular weight excluding hydrogens is 261 g/mol. The molecule has 76 valence electrons. The van der Waals surface area contributed by atoms with Gasteiger partial charge in [-0.15, -0.1) is 0 Å². The lowest BCUT2D eigenvalue weighted by Crippen LogP contribution is -2.19. The molecule has 0 saturated heterocycles. The highest BCUT2D eigenvalue weighted by Crippen LogP contribution is 2.45. The van der Waals surface area contributed by atoms with Gasteiger partial charge >= 0.3 is 0 Å². The van der Waals surface area contributed by atoms with Gasteiger partial charge in [0, 0.05) is 27.0 Å². The van der Waals surface area contributed by atoms with Gasteiger partial charge in [0.1, 0.15) is 0 Å². The van der Waals surface area contributed by atoms with Crippen molar-refractivity contribution >= 4 is 33.2 Å². The van der Waals surface area contributed by atoms with Gasteiger partial charge in [-0.2, -0.15) is 0 Å². The third kappa shape index (κ3) is 1.36. The summed E-state index contributed by atoms with van der Waals surface area (Å²) >= 11 is 9.90. The first-order chi connectivity index (χ1) is 6.43. The van der Waals surface area contributed by atoms with E-state index < -0.39 is 0 Å². The van der Waals surface area contributed by atoms with Crippen LogP contribution in [0.1, 0.15) is 25.0 Å². The van der Waals surface area contributed by atoms with Gasteiger partial charge in [-0.05, 0) is 34.5 Å². The van der Waals surface area contributed by atoms with Crippen LogP contribution in [-0.4, -0.2) is 6.54 Å². The Balaban J connectivity index is 2.75. The second-order valence-electron chi connectivity index (χ2n) is 4.48. The number of hydrogen-bond donors (Lipinski definition) is 1. The molecule has 0 bridgehead atoms. The van der Waals surface area contributed by atoms with Crippen molar-refractivity contribution in [1.82, 2.24) is 0 Å². The lowest BCUT2D eigenvalue weighted by molar-refractivity contribution is 0.586. The zero-order chi connectivity index (χ0) is 10.5. The molecule has 1 aromatic rings. The molecule has 1 aliphatic heterocycles. The van der Waals surface area contributed by atoms with E-state index in [0.29, 0.717) is 0 Å². The average Bonchev–Trinajstić information content (AvgIpc) is 2.38. The lowest BCUT2D eigenvalue weighted by atomic mass is 9.86. The molecular formula is C11H13BrClN. The summed E-state index contributed by atoms with van der Waals surface area (Å²) in [5.74, 6) is 0. The molecule has 1 aliphatic rings. The van der Waals surface area contributed by atoms with Gasteiger partial charge in [0.25, 0.3) is 0 Å². The predicted molar refractivity (Wildman–Crippen MR) is 65.4 cm³/mol. The van der Waals surface area contributed by atoms with E-state index in [1.807, 2.05) is 6.92 Å². The molecule has 0 fully saturated rings. The number of nitrogens with one attached hydrogen (secondary N) is 1. The summed E-state index contributed by atoms with van der Waals surface area (Å²) in [6.07, 6.45) is 0. The molecule has 0 aromatic heterocycles. The largest absolute Gasteiger partial charge is 0.383 e. The zero-order valence-electron chi connectivity index (χ0n) is 8.54. The van der Waals surface area contributed by atoms with E-state index in [1.54, 1.807) is 0 Å².